The van der Waals surface area contributed by atoms with E-state index in [1.807, 2.05) is 0 Å². The maximum absolute atomic E-state index is 13.0. The van der Waals surface area contributed by atoms with Gasteiger partial charge in [-0.1, -0.05) is 12.1 Å². The van der Waals surface area contributed by atoms with Gasteiger partial charge >= 0.3 is 0 Å². The lowest BCUT2D eigenvalue weighted by atomic mass is 10.1. The van der Waals surface area contributed by atoms with Gasteiger partial charge < -0.3 is 14.4 Å². The molecule has 0 aliphatic carbocycles. The van der Waals surface area contributed by atoms with E-state index in [1.165, 1.54) is 12.1 Å². The lowest BCUT2D eigenvalue weighted by Crippen LogP contribution is -2.42. The lowest BCUT2D eigenvalue weighted by Gasteiger charge is -2.30. The standard InChI is InChI=1S/C14H17FN2O3/c15-11-3-1-10(2-4-11)14-16-7-13(18)17(14)8-12-9-19-5-6-20-12/h1-4,12,14,16H,5-9H2. The van der Waals surface area contributed by atoms with Crippen LogP contribution in [0.2, 0.25) is 0 Å². The summed E-state index contributed by atoms with van der Waals surface area (Å²) in [6, 6.07) is 6.18. The molecule has 5 nitrogen and oxygen atoms in total. The van der Waals surface area contributed by atoms with Gasteiger partial charge in [-0.3, -0.25) is 10.1 Å². The second kappa shape index (κ2) is 5.87. The Balaban J connectivity index is 1.72. The van der Waals surface area contributed by atoms with Crippen molar-refractivity contribution in [2.75, 3.05) is 32.9 Å². The van der Waals surface area contributed by atoms with Crippen LogP contribution in [0.4, 0.5) is 4.39 Å². The maximum atomic E-state index is 13.0. The van der Waals surface area contributed by atoms with Crippen LogP contribution in [0.25, 0.3) is 0 Å². The highest BCUT2D eigenvalue weighted by Gasteiger charge is 2.33. The minimum absolute atomic E-state index is 0.0218. The molecule has 2 saturated heterocycles. The van der Waals surface area contributed by atoms with E-state index in [0.717, 1.165) is 5.56 Å². The molecular weight excluding hydrogens is 263 g/mol. The van der Waals surface area contributed by atoms with E-state index in [4.69, 9.17) is 9.47 Å². The lowest BCUT2D eigenvalue weighted by molar-refractivity contribution is -0.135. The molecule has 108 valence electrons. The Hall–Kier alpha value is -1.50. The van der Waals surface area contributed by atoms with Crippen molar-refractivity contribution in [3.63, 3.8) is 0 Å². The van der Waals surface area contributed by atoms with Crippen molar-refractivity contribution in [2.45, 2.75) is 12.3 Å². The van der Waals surface area contributed by atoms with Crippen LogP contribution in [0.15, 0.2) is 24.3 Å². The first-order valence-corrected chi connectivity index (χ1v) is 6.72. The number of ether oxygens (including phenoxy) is 2. The Morgan fingerprint density at radius 2 is 2.10 bits per heavy atom. The predicted octanol–water partition coefficient (Wildman–Crippen LogP) is 0.672. The number of hydrogen-bond acceptors (Lipinski definition) is 4. The number of benzene rings is 1. The molecule has 1 aromatic rings. The Kier molecular flexibility index (Phi) is 3.95. The summed E-state index contributed by atoms with van der Waals surface area (Å²) in [5.41, 5.74) is 0.869. The number of carbonyl (C=O) groups is 1. The third-order valence-corrected chi connectivity index (χ3v) is 3.55. The van der Waals surface area contributed by atoms with Crippen LogP contribution >= 0.6 is 0 Å². The zero-order valence-electron chi connectivity index (χ0n) is 11.0. The van der Waals surface area contributed by atoms with Crippen LogP contribution in [0.3, 0.4) is 0 Å². The van der Waals surface area contributed by atoms with E-state index in [0.29, 0.717) is 26.4 Å². The van der Waals surface area contributed by atoms with Crippen molar-refractivity contribution >= 4 is 5.91 Å². The molecule has 6 heteroatoms. The number of hydrogen-bond donors (Lipinski definition) is 1. The fourth-order valence-electron chi connectivity index (χ4n) is 2.55. The molecule has 0 spiro atoms. The molecule has 0 saturated carbocycles. The van der Waals surface area contributed by atoms with E-state index in [2.05, 4.69) is 5.32 Å². The Labute approximate surface area is 116 Å². The van der Waals surface area contributed by atoms with Crippen LogP contribution in [0.1, 0.15) is 11.7 Å². The smallest absolute Gasteiger partial charge is 0.238 e. The molecule has 2 unspecified atom stereocenters. The van der Waals surface area contributed by atoms with Crippen LogP contribution in [-0.2, 0) is 14.3 Å². The normalized spacial score (nSPS) is 27.1. The highest BCUT2D eigenvalue weighted by molar-refractivity contribution is 5.81. The first-order valence-electron chi connectivity index (χ1n) is 6.72. The molecule has 0 aromatic heterocycles. The summed E-state index contributed by atoms with van der Waals surface area (Å²) in [6.45, 7) is 2.43. The van der Waals surface area contributed by atoms with E-state index in [9.17, 15) is 9.18 Å². The zero-order chi connectivity index (χ0) is 13.9. The molecule has 0 radical (unpaired) electrons. The topological polar surface area (TPSA) is 50.8 Å². The van der Waals surface area contributed by atoms with Crippen molar-refractivity contribution in [1.82, 2.24) is 10.2 Å². The molecule has 1 N–H and O–H groups in total. The van der Waals surface area contributed by atoms with Gasteiger partial charge in [-0.2, -0.15) is 0 Å². The van der Waals surface area contributed by atoms with Gasteiger partial charge in [-0.05, 0) is 17.7 Å². The molecule has 2 fully saturated rings. The molecule has 2 heterocycles. The van der Waals surface area contributed by atoms with E-state index < -0.39 is 0 Å². The molecule has 2 atom stereocenters. The Bertz CT molecular complexity index is 474. The van der Waals surface area contributed by atoms with Gasteiger partial charge in [0.25, 0.3) is 0 Å². The number of nitrogens with zero attached hydrogens (tertiary/aromatic N) is 1. The third-order valence-electron chi connectivity index (χ3n) is 3.55. The Morgan fingerprint density at radius 3 is 2.80 bits per heavy atom. The molecule has 1 aromatic carbocycles. The van der Waals surface area contributed by atoms with Crippen LogP contribution in [-0.4, -0.2) is 49.8 Å². The predicted molar refractivity (Wildman–Crippen MR) is 69.4 cm³/mol. The summed E-state index contributed by atoms with van der Waals surface area (Å²) < 4.78 is 23.9. The van der Waals surface area contributed by atoms with Crippen molar-refractivity contribution in [1.29, 1.82) is 0 Å². The molecule has 2 aliphatic heterocycles. The van der Waals surface area contributed by atoms with Gasteiger partial charge in [0.05, 0.1) is 39.0 Å². The molecule has 20 heavy (non-hydrogen) atoms. The van der Waals surface area contributed by atoms with Crippen molar-refractivity contribution in [3.8, 4) is 0 Å². The largest absolute Gasteiger partial charge is 0.376 e. The number of halogens is 1. The minimum Gasteiger partial charge on any atom is -0.376 e. The minimum atomic E-state index is -0.284. The van der Waals surface area contributed by atoms with Crippen molar-refractivity contribution in [3.05, 3.63) is 35.6 Å². The third kappa shape index (κ3) is 2.82. The first kappa shape index (κ1) is 13.5. The quantitative estimate of drug-likeness (QED) is 0.884. The molecule has 2 aliphatic rings. The van der Waals surface area contributed by atoms with E-state index in [1.54, 1.807) is 17.0 Å². The average Bonchev–Trinajstić information content (AvgIpc) is 2.83. The van der Waals surface area contributed by atoms with Gasteiger partial charge in [-0.15, -0.1) is 0 Å². The van der Waals surface area contributed by atoms with Crippen LogP contribution < -0.4 is 5.32 Å². The number of amides is 1. The van der Waals surface area contributed by atoms with Gasteiger partial charge in [-0.25, -0.2) is 4.39 Å². The Morgan fingerprint density at radius 1 is 1.30 bits per heavy atom. The van der Waals surface area contributed by atoms with Crippen LogP contribution in [0, 0.1) is 5.82 Å². The van der Waals surface area contributed by atoms with E-state index in [-0.39, 0.29) is 30.5 Å². The fraction of sp³-hybridized carbons (Fsp3) is 0.500. The second-order valence-electron chi connectivity index (χ2n) is 4.95. The van der Waals surface area contributed by atoms with Crippen molar-refractivity contribution < 1.29 is 18.7 Å². The highest BCUT2D eigenvalue weighted by Crippen LogP contribution is 2.23. The van der Waals surface area contributed by atoms with E-state index >= 15 is 0 Å². The number of rotatable bonds is 3. The van der Waals surface area contributed by atoms with Gasteiger partial charge in [0.2, 0.25) is 5.91 Å². The fourth-order valence-corrected chi connectivity index (χ4v) is 2.55. The van der Waals surface area contributed by atoms with Gasteiger partial charge in [0, 0.05) is 0 Å². The van der Waals surface area contributed by atoms with Gasteiger partial charge in [0.15, 0.2) is 0 Å². The molecule has 1 amide bonds. The molecular formula is C14H17FN2O3. The summed E-state index contributed by atoms with van der Waals surface area (Å²) in [5.74, 6) is -0.262. The average molecular weight is 280 g/mol. The number of carbonyl (C=O) groups excluding carboxylic acids is 1. The highest BCUT2D eigenvalue weighted by atomic mass is 19.1. The summed E-state index contributed by atoms with van der Waals surface area (Å²) in [7, 11) is 0. The number of nitrogens with one attached hydrogen (secondary N) is 1. The van der Waals surface area contributed by atoms with Gasteiger partial charge in [0.1, 0.15) is 12.0 Å². The summed E-state index contributed by atoms with van der Waals surface area (Å²) in [5, 5.41) is 3.14. The summed E-state index contributed by atoms with van der Waals surface area (Å²) >= 11 is 0. The SMILES string of the molecule is O=C1CNC(c2ccc(F)cc2)N1CC1COCCO1. The second-order valence-corrected chi connectivity index (χ2v) is 4.95. The first-order chi connectivity index (χ1) is 9.74. The summed E-state index contributed by atoms with van der Waals surface area (Å²) in [4.78, 5) is 13.7. The molecule has 0 bridgehead atoms. The monoisotopic (exact) mass is 280 g/mol. The maximum Gasteiger partial charge on any atom is 0.238 e. The summed E-state index contributed by atoms with van der Waals surface area (Å²) in [6.07, 6.45) is -0.329. The van der Waals surface area contributed by atoms with Crippen LogP contribution in [0.5, 0.6) is 0 Å². The van der Waals surface area contributed by atoms with Crippen molar-refractivity contribution in [2.24, 2.45) is 0 Å². The molecule has 3 rings (SSSR count). The zero-order valence-corrected chi connectivity index (χ0v) is 11.0.